The number of furan rings is 1. The van der Waals surface area contributed by atoms with Crippen LogP contribution in [0.3, 0.4) is 0 Å². The highest BCUT2D eigenvalue weighted by molar-refractivity contribution is 9.11. The summed E-state index contributed by atoms with van der Waals surface area (Å²) >= 11 is 6.92. The molecule has 123 valence electrons. The number of rotatable bonds is 3. The quantitative estimate of drug-likeness (QED) is 0.392. The summed E-state index contributed by atoms with van der Waals surface area (Å²) in [6, 6.07) is 17.7. The summed E-state index contributed by atoms with van der Waals surface area (Å²) in [6.45, 7) is 0. The van der Waals surface area contributed by atoms with Crippen molar-refractivity contribution in [3.63, 3.8) is 0 Å². The van der Waals surface area contributed by atoms with Gasteiger partial charge in [0.25, 0.3) is 0 Å². The van der Waals surface area contributed by atoms with Gasteiger partial charge >= 0.3 is 0 Å². The SMILES string of the molecule is O=C([CH]c1coc2c(Br)cc(Br)cc12)Nc1ccc2ccccc2c1. The first-order chi connectivity index (χ1) is 12.1. The van der Waals surface area contributed by atoms with Gasteiger partial charge in [0.2, 0.25) is 5.91 Å². The Morgan fingerprint density at radius 3 is 2.64 bits per heavy atom. The highest BCUT2D eigenvalue weighted by atomic mass is 79.9. The van der Waals surface area contributed by atoms with Gasteiger partial charge in [-0.3, -0.25) is 4.79 Å². The average molecular weight is 458 g/mol. The van der Waals surface area contributed by atoms with E-state index in [2.05, 4.69) is 37.2 Å². The van der Waals surface area contributed by atoms with Crippen molar-refractivity contribution in [2.24, 2.45) is 0 Å². The van der Waals surface area contributed by atoms with E-state index in [4.69, 9.17) is 4.42 Å². The van der Waals surface area contributed by atoms with Gasteiger partial charge in [-0.25, -0.2) is 0 Å². The third-order valence-electron chi connectivity index (χ3n) is 3.93. The molecular formula is C20H12Br2NO2. The third-order valence-corrected chi connectivity index (χ3v) is 4.97. The molecule has 0 aliphatic heterocycles. The van der Waals surface area contributed by atoms with E-state index in [1.54, 1.807) is 12.7 Å². The first-order valence-electron chi connectivity index (χ1n) is 7.61. The standard InChI is InChI=1S/C20H12Br2NO2/c21-15-9-17-14(11-25-20(17)18(22)10-15)8-19(24)23-16-6-5-12-3-1-2-4-13(12)7-16/h1-11H,(H,23,24). The number of hydrogen-bond donors (Lipinski definition) is 1. The lowest BCUT2D eigenvalue weighted by Gasteiger charge is -2.06. The Morgan fingerprint density at radius 1 is 1.00 bits per heavy atom. The van der Waals surface area contributed by atoms with Crippen molar-refractivity contribution in [1.82, 2.24) is 0 Å². The number of fused-ring (bicyclic) bond motifs is 2. The Labute approximate surface area is 161 Å². The molecule has 0 spiro atoms. The zero-order chi connectivity index (χ0) is 17.4. The van der Waals surface area contributed by atoms with Gasteiger partial charge in [-0.2, -0.15) is 0 Å². The van der Waals surface area contributed by atoms with E-state index in [1.807, 2.05) is 54.6 Å². The smallest absolute Gasteiger partial charge is 0.233 e. The van der Waals surface area contributed by atoms with Gasteiger partial charge in [-0.15, -0.1) is 0 Å². The molecule has 0 aliphatic rings. The van der Waals surface area contributed by atoms with Gasteiger partial charge in [-0.1, -0.05) is 46.3 Å². The van der Waals surface area contributed by atoms with Crippen molar-refractivity contribution in [2.75, 3.05) is 5.32 Å². The fourth-order valence-electron chi connectivity index (χ4n) is 2.78. The topological polar surface area (TPSA) is 42.2 Å². The van der Waals surface area contributed by atoms with E-state index in [9.17, 15) is 4.79 Å². The molecule has 0 saturated carbocycles. The second kappa shape index (κ2) is 6.65. The van der Waals surface area contributed by atoms with Crippen molar-refractivity contribution < 1.29 is 9.21 Å². The lowest BCUT2D eigenvalue weighted by molar-refractivity contribution is -0.112. The molecule has 0 fully saturated rings. The lowest BCUT2D eigenvalue weighted by Crippen LogP contribution is -2.12. The van der Waals surface area contributed by atoms with Crippen LogP contribution in [0.5, 0.6) is 0 Å². The highest BCUT2D eigenvalue weighted by Crippen LogP contribution is 2.32. The maximum Gasteiger partial charge on any atom is 0.233 e. The van der Waals surface area contributed by atoms with Gasteiger partial charge < -0.3 is 9.73 Å². The Balaban J connectivity index is 1.57. The molecule has 0 bridgehead atoms. The zero-order valence-corrected chi connectivity index (χ0v) is 16.1. The van der Waals surface area contributed by atoms with Crippen molar-refractivity contribution in [3.05, 3.63) is 81.8 Å². The first-order valence-corrected chi connectivity index (χ1v) is 9.19. The van der Waals surface area contributed by atoms with E-state index in [1.165, 1.54) is 0 Å². The number of hydrogen-bond acceptors (Lipinski definition) is 2. The van der Waals surface area contributed by atoms with Crippen LogP contribution in [0, 0.1) is 6.42 Å². The molecular weight excluding hydrogens is 446 g/mol. The van der Waals surface area contributed by atoms with Crippen molar-refractivity contribution in [1.29, 1.82) is 0 Å². The minimum Gasteiger partial charge on any atom is -0.463 e. The summed E-state index contributed by atoms with van der Waals surface area (Å²) in [7, 11) is 0. The number of carbonyl (C=O) groups is 1. The van der Waals surface area contributed by atoms with Crippen LogP contribution < -0.4 is 5.32 Å². The molecule has 1 radical (unpaired) electrons. The van der Waals surface area contributed by atoms with Crippen molar-refractivity contribution in [2.45, 2.75) is 0 Å². The molecule has 0 saturated heterocycles. The fraction of sp³-hybridized carbons (Fsp3) is 0. The minimum atomic E-state index is -0.200. The van der Waals surface area contributed by atoms with Gasteiger partial charge in [0.15, 0.2) is 0 Å². The predicted molar refractivity (Wildman–Crippen MR) is 108 cm³/mol. The Hall–Kier alpha value is -2.11. The predicted octanol–water partition coefficient (Wildman–Crippen LogP) is 6.30. The van der Waals surface area contributed by atoms with Crippen LogP contribution in [0.1, 0.15) is 5.56 Å². The number of benzene rings is 3. The summed E-state index contributed by atoms with van der Waals surface area (Å²) in [4.78, 5) is 12.4. The second-order valence-corrected chi connectivity index (χ2v) is 7.42. The van der Waals surface area contributed by atoms with Crippen LogP contribution in [-0.2, 0) is 4.79 Å². The van der Waals surface area contributed by atoms with Crippen LogP contribution in [0.2, 0.25) is 0 Å². The van der Waals surface area contributed by atoms with Crippen LogP contribution in [0.25, 0.3) is 21.7 Å². The zero-order valence-electron chi connectivity index (χ0n) is 12.9. The summed E-state index contributed by atoms with van der Waals surface area (Å²) in [5, 5.41) is 6.00. The Kier molecular flexibility index (Phi) is 4.36. The van der Waals surface area contributed by atoms with Crippen molar-refractivity contribution in [3.8, 4) is 0 Å². The molecule has 25 heavy (non-hydrogen) atoms. The maximum atomic E-state index is 12.4. The lowest BCUT2D eigenvalue weighted by atomic mass is 10.1. The molecule has 4 rings (SSSR count). The second-order valence-electron chi connectivity index (χ2n) is 5.65. The number of anilines is 1. The Morgan fingerprint density at radius 2 is 1.80 bits per heavy atom. The molecule has 1 heterocycles. The molecule has 3 aromatic carbocycles. The number of halogens is 2. The fourth-order valence-corrected chi connectivity index (χ4v) is 4.10. The largest absolute Gasteiger partial charge is 0.463 e. The van der Waals surface area contributed by atoms with Gasteiger partial charge in [0, 0.05) is 21.1 Å². The summed E-state index contributed by atoms with van der Waals surface area (Å²) in [5.41, 5.74) is 2.21. The molecule has 4 aromatic rings. The van der Waals surface area contributed by atoms with Gasteiger partial charge in [0.05, 0.1) is 17.2 Å². The summed E-state index contributed by atoms with van der Waals surface area (Å²) in [6.07, 6.45) is 3.13. The molecule has 1 N–H and O–H groups in total. The monoisotopic (exact) mass is 456 g/mol. The molecule has 5 heteroatoms. The highest BCUT2D eigenvalue weighted by Gasteiger charge is 2.14. The third kappa shape index (κ3) is 3.34. The molecule has 0 aliphatic carbocycles. The van der Waals surface area contributed by atoms with Crippen molar-refractivity contribution >= 4 is 65.2 Å². The average Bonchev–Trinajstić information content (AvgIpc) is 2.97. The molecule has 1 aromatic heterocycles. The number of amides is 1. The Bertz CT molecular complexity index is 1100. The van der Waals surface area contributed by atoms with Crippen LogP contribution in [0.15, 0.2) is 74.2 Å². The van der Waals surface area contributed by atoms with E-state index in [-0.39, 0.29) is 5.91 Å². The summed E-state index contributed by atoms with van der Waals surface area (Å²) < 4.78 is 7.32. The van der Waals surface area contributed by atoms with E-state index >= 15 is 0 Å². The number of nitrogens with one attached hydrogen (secondary N) is 1. The molecule has 0 atom stereocenters. The first kappa shape index (κ1) is 16.4. The van der Waals surface area contributed by atoms with Gasteiger partial charge in [-0.05, 0) is 51.0 Å². The molecule has 0 unspecified atom stereocenters. The molecule has 1 amide bonds. The maximum absolute atomic E-state index is 12.4. The minimum absolute atomic E-state index is 0.200. The number of carbonyl (C=O) groups excluding carboxylic acids is 1. The van der Waals surface area contributed by atoms with E-state index in [0.717, 1.165) is 36.4 Å². The summed E-state index contributed by atoms with van der Waals surface area (Å²) in [5.74, 6) is -0.200. The molecule has 3 nitrogen and oxygen atoms in total. The van der Waals surface area contributed by atoms with E-state index < -0.39 is 0 Å². The van der Waals surface area contributed by atoms with Gasteiger partial charge in [0.1, 0.15) is 5.58 Å². The van der Waals surface area contributed by atoms with Crippen LogP contribution in [-0.4, -0.2) is 5.91 Å². The van der Waals surface area contributed by atoms with Crippen LogP contribution >= 0.6 is 31.9 Å². The normalized spacial score (nSPS) is 11.1. The van der Waals surface area contributed by atoms with E-state index in [0.29, 0.717) is 5.58 Å². The van der Waals surface area contributed by atoms with Crippen LogP contribution in [0.4, 0.5) is 5.69 Å².